The molecule has 1 aromatic heterocycles. The molecule has 9 heteroatoms. The van der Waals surface area contributed by atoms with E-state index in [0.717, 1.165) is 15.3 Å². The van der Waals surface area contributed by atoms with E-state index in [4.69, 9.17) is 14.2 Å². The lowest BCUT2D eigenvalue weighted by molar-refractivity contribution is -0.141. The zero-order valence-electron chi connectivity index (χ0n) is 17.1. The maximum absolute atomic E-state index is 12.8. The van der Waals surface area contributed by atoms with Gasteiger partial charge in [0.2, 0.25) is 0 Å². The van der Waals surface area contributed by atoms with Gasteiger partial charge in [-0.3, -0.25) is 9.59 Å². The molecule has 7 nitrogen and oxygen atoms in total. The molecular weight excluding hydrogens is 424 g/mol. The van der Waals surface area contributed by atoms with Crippen LogP contribution in [0, 0.1) is 0 Å². The second kappa shape index (κ2) is 9.82. The minimum atomic E-state index is -0.464. The number of ether oxygens (including phenoxy) is 3. The van der Waals surface area contributed by atoms with Gasteiger partial charge in [0.1, 0.15) is 28.3 Å². The first-order valence-electron chi connectivity index (χ1n) is 9.15. The molecule has 0 spiro atoms. The van der Waals surface area contributed by atoms with Crippen molar-refractivity contribution in [2.24, 2.45) is 4.99 Å². The number of aromatic nitrogens is 1. The molecule has 0 N–H and O–H groups in total. The van der Waals surface area contributed by atoms with Crippen molar-refractivity contribution in [3.63, 3.8) is 0 Å². The summed E-state index contributed by atoms with van der Waals surface area (Å²) in [5.41, 5.74) is 1.09. The van der Waals surface area contributed by atoms with E-state index in [1.807, 2.05) is 12.1 Å². The summed E-state index contributed by atoms with van der Waals surface area (Å²) in [7, 11) is 4.41. The van der Waals surface area contributed by atoms with Crippen molar-refractivity contribution in [2.45, 2.75) is 18.4 Å². The number of carbonyl (C=O) groups excluding carboxylic acids is 2. The molecule has 0 aliphatic heterocycles. The molecule has 158 valence electrons. The van der Waals surface area contributed by atoms with E-state index < -0.39 is 11.9 Å². The summed E-state index contributed by atoms with van der Waals surface area (Å²) in [6.45, 7) is 1.96. The summed E-state index contributed by atoms with van der Waals surface area (Å²) in [5, 5.41) is 0. The van der Waals surface area contributed by atoms with Gasteiger partial charge in [-0.15, -0.1) is 11.8 Å². The van der Waals surface area contributed by atoms with Crippen LogP contribution < -0.4 is 14.3 Å². The van der Waals surface area contributed by atoms with E-state index >= 15 is 0 Å². The second-order valence-electron chi connectivity index (χ2n) is 6.07. The van der Waals surface area contributed by atoms with Crippen LogP contribution in [0.3, 0.4) is 0 Å². The molecule has 0 bridgehead atoms. The third-order valence-electron chi connectivity index (χ3n) is 4.32. The number of benzene rings is 2. The quantitative estimate of drug-likeness (QED) is 0.406. The van der Waals surface area contributed by atoms with Gasteiger partial charge in [-0.2, -0.15) is 4.99 Å². The molecule has 1 heterocycles. The highest BCUT2D eigenvalue weighted by atomic mass is 32.2. The van der Waals surface area contributed by atoms with Gasteiger partial charge in [0, 0.05) is 10.5 Å². The summed E-state index contributed by atoms with van der Waals surface area (Å²) in [5.74, 6) is 1.24. The van der Waals surface area contributed by atoms with Crippen LogP contribution in [0.25, 0.3) is 10.2 Å². The normalized spacial score (nSPS) is 11.5. The zero-order valence-corrected chi connectivity index (χ0v) is 18.8. The van der Waals surface area contributed by atoms with Gasteiger partial charge in [-0.25, -0.2) is 0 Å². The lowest BCUT2D eigenvalue weighted by Crippen LogP contribution is -2.22. The zero-order chi connectivity index (χ0) is 21.7. The number of hydrogen-bond acceptors (Lipinski definition) is 7. The van der Waals surface area contributed by atoms with Crippen LogP contribution in [0.2, 0.25) is 0 Å². The lowest BCUT2D eigenvalue weighted by Gasteiger charge is -2.09. The molecular formula is C21H22N2O5S2. The van der Waals surface area contributed by atoms with E-state index in [9.17, 15) is 9.59 Å². The SMILES string of the molecule is CCSc1ccc(C(=O)N=c2sc3c(OC)ccc(OC)c3n2CC(=O)OC)cc1. The Morgan fingerprint density at radius 1 is 1.03 bits per heavy atom. The molecule has 0 atom stereocenters. The highest BCUT2D eigenvalue weighted by Crippen LogP contribution is 2.35. The van der Waals surface area contributed by atoms with Gasteiger partial charge in [-0.05, 0) is 42.2 Å². The average molecular weight is 447 g/mol. The molecule has 0 fully saturated rings. The van der Waals surface area contributed by atoms with Gasteiger partial charge < -0.3 is 18.8 Å². The number of nitrogens with zero attached hydrogens (tertiary/aromatic N) is 2. The molecule has 3 rings (SSSR count). The summed E-state index contributed by atoms with van der Waals surface area (Å²) in [6, 6.07) is 10.8. The maximum atomic E-state index is 12.8. The van der Waals surface area contributed by atoms with Crippen LogP contribution in [0.4, 0.5) is 0 Å². The van der Waals surface area contributed by atoms with Gasteiger partial charge in [0.25, 0.3) is 5.91 Å². The molecule has 0 aliphatic rings. The smallest absolute Gasteiger partial charge is 0.325 e. The van der Waals surface area contributed by atoms with Gasteiger partial charge in [0.05, 0.1) is 21.3 Å². The Kier molecular flexibility index (Phi) is 7.17. The van der Waals surface area contributed by atoms with Crippen LogP contribution in [0.15, 0.2) is 46.3 Å². The molecule has 0 saturated carbocycles. The molecule has 0 unspecified atom stereocenters. The van der Waals surface area contributed by atoms with Crippen LogP contribution in [0.1, 0.15) is 17.3 Å². The van der Waals surface area contributed by atoms with Crippen molar-refractivity contribution < 1.29 is 23.8 Å². The lowest BCUT2D eigenvalue weighted by atomic mass is 10.2. The van der Waals surface area contributed by atoms with Gasteiger partial charge in [-0.1, -0.05) is 18.3 Å². The summed E-state index contributed by atoms with van der Waals surface area (Å²) < 4.78 is 18.1. The Balaban J connectivity index is 2.16. The Labute approximate surface area is 182 Å². The number of methoxy groups -OCH3 is 3. The molecule has 0 aliphatic carbocycles. The van der Waals surface area contributed by atoms with Crippen molar-refractivity contribution in [3.8, 4) is 11.5 Å². The predicted octanol–water partition coefficient (Wildman–Crippen LogP) is 3.75. The van der Waals surface area contributed by atoms with Gasteiger partial charge in [0.15, 0.2) is 4.80 Å². The van der Waals surface area contributed by atoms with Crippen LogP contribution in [-0.4, -0.2) is 43.5 Å². The average Bonchev–Trinajstić information content (AvgIpc) is 3.11. The first-order valence-corrected chi connectivity index (χ1v) is 11.0. The van der Waals surface area contributed by atoms with Crippen LogP contribution in [-0.2, 0) is 16.1 Å². The molecule has 30 heavy (non-hydrogen) atoms. The number of thioether (sulfide) groups is 1. The fourth-order valence-corrected chi connectivity index (χ4v) is 4.69. The van der Waals surface area contributed by atoms with Crippen molar-refractivity contribution in [2.75, 3.05) is 27.1 Å². The van der Waals surface area contributed by atoms with Crippen molar-refractivity contribution >= 4 is 45.2 Å². The largest absolute Gasteiger partial charge is 0.495 e. The second-order valence-corrected chi connectivity index (χ2v) is 8.38. The van der Waals surface area contributed by atoms with E-state index in [-0.39, 0.29) is 6.54 Å². The Hall–Kier alpha value is -2.78. The third-order valence-corrected chi connectivity index (χ3v) is 6.30. The highest BCUT2D eigenvalue weighted by molar-refractivity contribution is 7.99. The number of thiazole rings is 1. The van der Waals surface area contributed by atoms with Crippen molar-refractivity contribution in [1.29, 1.82) is 0 Å². The number of fused-ring (bicyclic) bond motifs is 1. The Morgan fingerprint density at radius 3 is 2.30 bits per heavy atom. The van der Waals surface area contributed by atoms with E-state index in [2.05, 4.69) is 11.9 Å². The minimum Gasteiger partial charge on any atom is -0.495 e. The van der Waals surface area contributed by atoms with Crippen LogP contribution in [0.5, 0.6) is 11.5 Å². The first-order chi connectivity index (χ1) is 14.5. The number of esters is 1. The fraction of sp³-hybridized carbons (Fsp3) is 0.286. The monoisotopic (exact) mass is 446 g/mol. The Morgan fingerprint density at radius 2 is 1.70 bits per heavy atom. The van der Waals surface area contributed by atoms with E-state index in [0.29, 0.717) is 27.4 Å². The van der Waals surface area contributed by atoms with Gasteiger partial charge >= 0.3 is 5.97 Å². The van der Waals surface area contributed by atoms with Crippen molar-refractivity contribution in [1.82, 2.24) is 4.57 Å². The van der Waals surface area contributed by atoms with E-state index in [1.54, 1.807) is 54.8 Å². The van der Waals surface area contributed by atoms with Crippen LogP contribution >= 0.6 is 23.1 Å². The Bertz CT molecular complexity index is 1130. The summed E-state index contributed by atoms with van der Waals surface area (Å²) in [6.07, 6.45) is 0. The topological polar surface area (TPSA) is 79.1 Å². The number of amides is 1. The molecule has 2 aromatic carbocycles. The van der Waals surface area contributed by atoms with Crippen molar-refractivity contribution in [3.05, 3.63) is 46.8 Å². The van der Waals surface area contributed by atoms with E-state index in [1.165, 1.54) is 18.4 Å². The summed E-state index contributed by atoms with van der Waals surface area (Å²) >= 11 is 2.95. The molecule has 3 aromatic rings. The number of rotatable bonds is 7. The highest BCUT2D eigenvalue weighted by Gasteiger charge is 2.19. The first kappa shape index (κ1) is 21.9. The molecule has 1 amide bonds. The third kappa shape index (κ3) is 4.52. The molecule has 0 saturated heterocycles. The maximum Gasteiger partial charge on any atom is 0.325 e. The summed E-state index contributed by atoms with van der Waals surface area (Å²) in [4.78, 5) is 30.6. The standard InChI is InChI=1S/C21H22N2O5S2/c1-5-29-14-8-6-13(7-9-14)20(25)22-21-23(12-17(24)28-4)18-15(26-2)10-11-16(27-3)19(18)30-21/h6-11H,5,12H2,1-4H3. The molecule has 0 radical (unpaired) electrons. The number of hydrogen-bond donors (Lipinski definition) is 0. The number of carbonyl (C=O) groups is 2. The predicted molar refractivity (Wildman–Crippen MR) is 118 cm³/mol. The fourth-order valence-electron chi connectivity index (χ4n) is 2.89. The minimum absolute atomic E-state index is 0.113.